The molecule has 1 atom stereocenters. The van der Waals surface area contributed by atoms with Crippen LogP contribution in [0.5, 0.6) is 11.5 Å². The first-order chi connectivity index (χ1) is 15.5. The number of benzene rings is 2. The Labute approximate surface area is 190 Å². The van der Waals surface area contributed by atoms with Gasteiger partial charge in [0, 0.05) is 32.7 Å². The Balaban J connectivity index is 1.49. The Morgan fingerprint density at radius 2 is 1.75 bits per heavy atom. The summed E-state index contributed by atoms with van der Waals surface area (Å²) in [6, 6.07) is 15.4. The number of carbonyl (C=O) groups excluding carboxylic acids is 1. The number of ether oxygens (including phenoxy) is 2. The van der Waals surface area contributed by atoms with E-state index >= 15 is 0 Å². The van der Waals surface area contributed by atoms with Gasteiger partial charge >= 0.3 is 0 Å². The van der Waals surface area contributed by atoms with Gasteiger partial charge in [0.25, 0.3) is 0 Å². The van der Waals surface area contributed by atoms with E-state index in [4.69, 9.17) is 14.7 Å². The number of rotatable bonds is 8. The SMILES string of the molecule is COc1ccc(CNC(=O)[C@H](C)N2CCCN(Cc3ccc(C#N)cc3)CC2)cc1OC. The average molecular weight is 437 g/mol. The molecule has 2 aromatic carbocycles. The van der Waals surface area contributed by atoms with Gasteiger partial charge in [-0.15, -0.1) is 0 Å². The predicted molar refractivity (Wildman–Crippen MR) is 123 cm³/mol. The van der Waals surface area contributed by atoms with Crippen LogP contribution >= 0.6 is 0 Å². The fourth-order valence-electron chi connectivity index (χ4n) is 3.97. The van der Waals surface area contributed by atoms with E-state index in [9.17, 15) is 4.79 Å². The van der Waals surface area contributed by atoms with Crippen molar-refractivity contribution in [1.29, 1.82) is 5.26 Å². The van der Waals surface area contributed by atoms with E-state index in [2.05, 4.69) is 21.2 Å². The third-order valence-electron chi connectivity index (χ3n) is 5.95. The third kappa shape index (κ3) is 6.22. The molecule has 1 saturated heterocycles. The number of carbonyl (C=O) groups is 1. The van der Waals surface area contributed by atoms with Crippen LogP contribution in [0.4, 0.5) is 0 Å². The van der Waals surface area contributed by atoms with Crippen molar-refractivity contribution in [2.75, 3.05) is 40.4 Å². The van der Waals surface area contributed by atoms with E-state index in [0.29, 0.717) is 23.6 Å². The molecular weight excluding hydrogens is 404 g/mol. The van der Waals surface area contributed by atoms with Gasteiger partial charge in [0.05, 0.1) is 31.9 Å². The van der Waals surface area contributed by atoms with Gasteiger partial charge in [-0.2, -0.15) is 5.26 Å². The third-order valence-corrected chi connectivity index (χ3v) is 5.95. The Hall–Kier alpha value is -3.08. The number of hydrogen-bond acceptors (Lipinski definition) is 6. The smallest absolute Gasteiger partial charge is 0.237 e. The summed E-state index contributed by atoms with van der Waals surface area (Å²) in [6.07, 6.45) is 1.02. The lowest BCUT2D eigenvalue weighted by Crippen LogP contribution is -2.46. The molecule has 0 radical (unpaired) electrons. The normalized spacial score (nSPS) is 15.9. The molecule has 1 fully saturated rings. The minimum absolute atomic E-state index is 0.0281. The van der Waals surface area contributed by atoms with Gasteiger partial charge in [-0.05, 0) is 55.3 Å². The molecule has 1 amide bonds. The fraction of sp³-hybridized carbons (Fsp3) is 0.440. The topological polar surface area (TPSA) is 77.8 Å². The minimum Gasteiger partial charge on any atom is -0.493 e. The lowest BCUT2D eigenvalue weighted by Gasteiger charge is -2.27. The van der Waals surface area contributed by atoms with E-state index in [0.717, 1.165) is 44.7 Å². The molecule has 0 bridgehead atoms. The van der Waals surface area contributed by atoms with Crippen molar-refractivity contribution in [2.24, 2.45) is 0 Å². The predicted octanol–water partition coefficient (Wildman–Crippen LogP) is 2.79. The summed E-state index contributed by atoms with van der Waals surface area (Å²) in [5.41, 5.74) is 2.86. The van der Waals surface area contributed by atoms with Crippen molar-refractivity contribution in [2.45, 2.75) is 32.5 Å². The highest BCUT2D eigenvalue weighted by Gasteiger charge is 2.24. The molecule has 1 heterocycles. The highest BCUT2D eigenvalue weighted by molar-refractivity contribution is 5.81. The monoisotopic (exact) mass is 436 g/mol. The standard InChI is InChI=1S/C25H32N4O3/c1-19(25(30)27-17-22-9-10-23(31-2)24(15-22)32-3)29-12-4-11-28(13-14-29)18-21-7-5-20(16-26)6-8-21/h5-10,15,19H,4,11-14,17-18H2,1-3H3,(H,27,30)/t19-/m0/s1. The second kappa shape index (κ2) is 11.5. The van der Waals surface area contributed by atoms with Gasteiger partial charge in [0.2, 0.25) is 5.91 Å². The van der Waals surface area contributed by atoms with E-state index in [1.54, 1.807) is 14.2 Å². The Morgan fingerprint density at radius 1 is 1.03 bits per heavy atom. The van der Waals surface area contributed by atoms with Gasteiger partial charge in [0.1, 0.15) is 0 Å². The lowest BCUT2D eigenvalue weighted by molar-refractivity contribution is -0.126. The van der Waals surface area contributed by atoms with Crippen molar-refractivity contribution >= 4 is 5.91 Å². The largest absolute Gasteiger partial charge is 0.493 e. The Bertz CT molecular complexity index is 939. The minimum atomic E-state index is -0.190. The molecule has 0 spiro atoms. The van der Waals surface area contributed by atoms with Gasteiger partial charge in [-0.25, -0.2) is 0 Å². The number of hydrogen-bond donors (Lipinski definition) is 1. The maximum atomic E-state index is 12.8. The van der Waals surface area contributed by atoms with E-state index in [1.165, 1.54) is 5.56 Å². The van der Waals surface area contributed by atoms with Crippen molar-refractivity contribution in [3.8, 4) is 17.6 Å². The van der Waals surface area contributed by atoms with Crippen LogP contribution in [0.2, 0.25) is 0 Å². The quantitative estimate of drug-likeness (QED) is 0.686. The summed E-state index contributed by atoms with van der Waals surface area (Å²) in [5.74, 6) is 1.36. The van der Waals surface area contributed by atoms with Crippen LogP contribution in [0, 0.1) is 11.3 Å². The number of methoxy groups -OCH3 is 2. The molecule has 1 aliphatic heterocycles. The second-order valence-electron chi connectivity index (χ2n) is 8.06. The van der Waals surface area contributed by atoms with Crippen LogP contribution in [-0.4, -0.2) is 62.1 Å². The lowest BCUT2D eigenvalue weighted by atomic mass is 10.1. The summed E-state index contributed by atoms with van der Waals surface area (Å²) in [4.78, 5) is 17.5. The second-order valence-corrected chi connectivity index (χ2v) is 8.06. The number of amides is 1. The van der Waals surface area contributed by atoms with Crippen molar-refractivity contribution in [3.63, 3.8) is 0 Å². The van der Waals surface area contributed by atoms with E-state index in [-0.39, 0.29) is 11.9 Å². The van der Waals surface area contributed by atoms with Crippen LogP contribution < -0.4 is 14.8 Å². The van der Waals surface area contributed by atoms with Crippen LogP contribution in [-0.2, 0) is 17.9 Å². The molecular formula is C25H32N4O3. The zero-order valence-corrected chi connectivity index (χ0v) is 19.1. The molecule has 0 saturated carbocycles. The van der Waals surface area contributed by atoms with Crippen LogP contribution in [0.25, 0.3) is 0 Å². The molecule has 32 heavy (non-hydrogen) atoms. The zero-order valence-electron chi connectivity index (χ0n) is 19.1. The molecule has 7 heteroatoms. The van der Waals surface area contributed by atoms with Gasteiger partial charge in [0.15, 0.2) is 11.5 Å². The van der Waals surface area contributed by atoms with Crippen LogP contribution in [0.1, 0.15) is 30.0 Å². The van der Waals surface area contributed by atoms with E-state index in [1.807, 2.05) is 49.4 Å². The Kier molecular flexibility index (Phi) is 8.48. The molecule has 1 N–H and O–H groups in total. The summed E-state index contributed by atoms with van der Waals surface area (Å²) < 4.78 is 10.6. The van der Waals surface area contributed by atoms with E-state index < -0.39 is 0 Å². The first-order valence-electron chi connectivity index (χ1n) is 11.0. The summed E-state index contributed by atoms with van der Waals surface area (Å²) in [5, 5.41) is 12.0. The van der Waals surface area contributed by atoms with Gasteiger partial charge < -0.3 is 14.8 Å². The first kappa shape index (κ1) is 23.6. The van der Waals surface area contributed by atoms with Crippen molar-refractivity contribution in [3.05, 3.63) is 59.2 Å². The summed E-state index contributed by atoms with van der Waals surface area (Å²) >= 11 is 0. The van der Waals surface area contributed by atoms with Crippen molar-refractivity contribution in [1.82, 2.24) is 15.1 Å². The highest BCUT2D eigenvalue weighted by atomic mass is 16.5. The molecule has 0 unspecified atom stereocenters. The van der Waals surface area contributed by atoms with Gasteiger partial charge in [-0.3, -0.25) is 14.6 Å². The molecule has 1 aliphatic rings. The maximum Gasteiger partial charge on any atom is 0.237 e. The van der Waals surface area contributed by atoms with Gasteiger partial charge in [-0.1, -0.05) is 18.2 Å². The Morgan fingerprint density at radius 3 is 2.44 bits per heavy atom. The highest BCUT2D eigenvalue weighted by Crippen LogP contribution is 2.27. The number of nitriles is 1. The summed E-state index contributed by atoms with van der Waals surface area (Å²) in [7, 11) is 3.21. The zero-order chi connectivity index (χ0) is 22.9. The van der Waals surface area contributed by atoms with Crippen LogP contribution in [0.15, 0.2) is 42.5 Å². The first-order valence-corrected chi connectivity index (χ1v) is 11.0. The van der Waals surface area contributed by atoms with Crippen LogP contribution in [0.3, 0.4) is 0 Å². The van der Waals surface area contributed by atoms with Crippen molar-refractivity contribution < 1.29 is 14.3 Å². The summed E-state index contributed by atoms with van der Waals surface area (Å²) in [6.45, 7) is 6.93. The average Bonchev–Trinajstić information content (AvgIpc) is 3.07. The molecule has 0 aliphatic carbocycles. The molecule has 3 rings (SSSR count). The molecule has 0 aromatic heterocycles. The number of nitrogens with zero attached hydrogens (tertiary/aromatic N) is 3. The molecule has 2 aromatic rings. The molecule has 7 nitrogen and oxygen atoms in total. The fourth-order valence-corrected chi connectivity index (χ4v) is 3.97. The number of nitrogens with one attached hydrogen (secondary N) is 1. The molecule has 170 valence electrons. The maximum absolute atomic E-state index is 12.8.